The Morgan fingerprint density at radius 1 is 1.25 bits per heavy atom. The van der Waals surface area contributed by atoms with Gasteiger partial charge in [-0.15, -0.1) is 0 Å². The average molecular weight is 530 g/mol. The smallest absolute Gasteiger partial charge is 0.387 e. The molecule has 8 nitrogen and oxygen atoms in total. The average Bonchev–Trinajstić information content (AvgIpc) is 3.17. The van der Waals surface area contributed by atoms with Crippen LogP contribution in [0.1, 0.15) is 51.0 Å². The van der Waals surface area contributed by atoms with Crippen molar-refractivity contribution in [3.8, 4) is 5.75 Å². The third kappa shape index (κ3) is 5.86. The van der Waals surface area contributed by atoms with Gasteiger partial charge in [0.2, 0.25) is 5.91 Å². The van der Waals surface area contributed by atoms with E-state index in [4.69, 9.17) is 5.41 Å². The van der Waals surface area contributed by atoms with Gasteiger partial charge < -0.3 is 20.5 Å². The van der Waals surface area contributed by atoms with Gasteiger partial charge in [0.1, 0.15) is 11.6 Å². The van der Waals surface area contributed by atoms with Crippen molar-refractivity contribution in [1.29, 1.82) is 5.41 Å². The maximum absolute atomic E-state index is 14.6. The van der Waals surface area contributed by atoms with E-state index >= 15 is 0 Å². The summed E-state index contributed by atoms with van der Waals surface area (Å²) in [4.78, 5) is 13.0. The van der Waals surface area contributed by atoms with Crippen molar-refractivity contribution in [3.63, 3.8) is 0 Å². The molecule has 2 fully saturated rings. The number of halogens is 3. The van der Waals surface area contributed by atoms with Gasteiger partial charge in [0.05, 0.1) is 34.9 Å². The Morgan fingerprint density at radius 3 is 2.58 bits per heavy atom. The topological polar surface area (TPSA) is 129 Å². The number of carbonyl (C=O) groups excluding carboxylic acids is 1. The number of carbonyl (C=O) groups is 1. The minimum Gasteiger partial charge on any atom is -0.435 e. The Bertz CT molecular complexity index is 1180. The van der Waals surface area contributed by atoms with E-state index in [2.05, 4.69) is 15.4 Å². The number of allylic oxidation sites excluding steroid dienone is 2. The molecule has 2 unspecified atom stereocenters. The van der Waals surface area contributed by atoms with Crippen molar-refractivity contribution < 1.29 is 36.2 Å². The molecule has 1 saturated heterocycles. The Labute approximate surface area is 207 Å². The molecule has 198 valence electrons. The highest BCUT2D eigenvalue weighted by molar-refractivity contribution is 7.93. The summed E-state index contributed by atoms with van der Waals surface area (Å²) in [5.41, 5.74) is -0.287. The standard InChI is InChI=1S/C24H30F3N3O5S/c1-24(11-36(33,34)12-24)30-22(32)13-5-7-15(19(9-13)29-18-3-2-4-20(18)31)21(28)16-10-14(35-23(26)27)6-8-17(16)25/h6,8,10,13,18,20,23,28-29,31H,2-5,7,9,11-12H2,1H3,(H,30,32)/t13-,18?,20?/m1/s1. The van der Waals surface area contributed by atoms with E-state index in [1.165, 1.54) is 0 Å². The van der Waals surface area contributed by atoms with Gasteiger partial charge in [-0.1, -0.05) is 0 Å². The van der Waals surface area contributed by atoms with Gasteiger partial charge in [-0.25, -0.2) is 12.8 Å². The molecule has 4 rings (SSSR count). The second kappa shape index (κ2) is 10.0. The molecule has 1 aromatic carbocycles. The zero-order chi connectivity index (χ0) is 26.3. The summed E-state index contributed by atoms with van der Waals surface area (Å²) in [6.07, 6.45) is 2.23. The summed E-state index contributed by atoms with van der Waals surface area (Å²) >= 11 is 0. The molecular formula is C24H30F3N3O5S. The third-order valence-corrected chi connectivity index (χ3v) is 9.16. The van der Waals surface area contributed by atoms with Crippen molar-refractivity contribution in [2.24, 2.45) is 5.92 Å². The highest BCUT2D eigenvalue weighted by Gasteiger charge is 2.46. The van der Waals surface area contributed by atoms with Crippen LogP contribution in [0.25, 0.3) is 0 Å². The van der Waals surface area contributed by atoms with E-state index in [9.17, 15) is 31.5 Å². The number of hydrogen-bond donors (Lipinski definition) is 4. The summed E-state index contributed by atoms with van der Waals surface area (Å²) < 4.78 is 67.5. The Hall–Kier alpha value is -2.60. The summed E-state index contributed by atoms with van der Waals surface area (Å²) in [5.74, 6) is -2.11. The fraction of sp³-hybridized carbons (Fsp3) is 0.583. The van der Waals surface area contributed by atoms with Crippen LogP contribution in [0, 0.1) is 17.1 Å². The highest BCUT2D eigenvalue weighted by atomic mass is 32.2. The first-order valence-electron chi connectivity index (χ1n) is 11.9. The van der Waals surface area contributed by atoms with Crippen LogP contribution in [0.4, 0.5) is 13.2 Å². The molecule has 0 radical (unpaired) electrons. The zero-order valence-corrected chi connectivity index (χ0v) is 20.6. The van der Waals surface area contributed by atoms with E-state index in [0.717, 1.165) is 24.6 Å². The number of amides is 1. The lowest BCUT2D eigenvalue weighted by Gasteiger charge is -2.40. The molecule has 2 aliphatic carbocycles. The second-order valence-electron chi connectivity index (χ2n) is 10.1. The molecule has 1 heterocycles. The molecule has 1 saturated carbocycles. The molecule has 12 heteroatoms. The number of nitrogens with one attached hydrogen (secondary N) is 3. The third-order valence-electron chi connectivity index (χ3n) is 7.00. The molecule has 0 spiro atoms. The number of sulfone groups is 1. The second-order valence-corrected chi connectivity index (χ2v) is 12.2. The van der Waals surface area contributed by atoms with Crippen LogP contribution < -0.4 is 15.4 Å². The number of alkyl halides is 2. The van der Waals surface area contributed by atoms with Crippen LogP contribution >= 0.6 is 0 Å². The van der Waals surface area contributed by atoms with Crippen LogP contribution in [0.2, 0.25) is 0 Å². The lowest BCUT2D eigenvalue weighted by molar-refractivity contribution is -0.126. The molecular weight excluding hydrogens is 499 g/mol. The number of hydrogen-bond acceptors (Lipinski definition) is 7. The minimum absolute atomic E-state index is 0.125. The molecule has 1 amide bonds. The van der Waals surface area contributed by atoms with Gasteiger partial charge >= 0.3 is 6.61 Å². The van der Waals surface area contributed by atoms with Gasteiger partial charge in [-0.05, 0) is 69.2 Å². The van der Waals surface area contributed by atoms with Crippen LogP contribution in [0.3, 0.4) is 0 Å². The summed E-state index contributed by atoms with van der Waals surface area (Å²) in [6.45, 7) is -1.42. The maximum Gasteiger partial charge on any atom is 0.387 e. The van der Waals surface area contributed by atoms with Crippen molar-refractivity contribution in [2.45, 2.75) is 69.7 Å². The molecule has 1 aromatic rings. The zero-order valence-electron chi connectivity index (χ0n) is 19.8. The Morgan fingerprint density at radius 2 is 1.97 bits per heavy atom. The molecule has 3 atom stereocenters. The molecule has 3 aliphatic rings. The van der Waals surface area contributed by atoms with E-state index in [1.807, 2.05) is 0 Å². The van der Waals surface area contributed by atoms with Crippen molar-refractivity contribution in [2.75, 3.05) is 11.5 Å². The van der Waals surface area contributed by atoms with Gasteiger partial charge in [0.25, 0.3) is 0 Å². The fourth-order valence-corrected chi connectivity index (χ4v) is 7.36. The number of benzene rings is 1. The van der Waals surface area contributed by atoms with E-state index < -0.39 is 39.8 Å². The van der Waals surface area contributed by atoms with Crippen LogP contribution in [-0.4, -0.2) is 60.9 Å². The first kappa shape index (κ1) is 26.5. The van der Waals surface area contributed by atoms with Crippen LogP contribution in [0.15, 0.2) is 29.5 Å². The first-order valence-corrected chi connectivity index (χ1v) is 13.7. The van der Waals surface area contributed by atoms with Gasteiger partial charge in [0, 0.05) is 17.2 Å². The van der Waals surface area contributed by atoms with Crippen molar-refractivity contribution >= 4 is 21.5 Å². The van der Waals surface area contributed by atoms with Gasteiger partial charge in [0.15, 0.2) is 9.84 Å². The minimum atomic E-state index is -3.15. The van der Waals surface area contributed by atoms with Gasteiger partial charge in [-0.2, -0.15) is 8.78 Å². The predicted octanol–water partition coefficient (Wildman–Crippen LogP) is 2.66. The Kier molecular flexibility index (Phi) is 7.38. The molecule has 1 aliphatic heterocycles. The lowest BCUT2D eigenvalue weighted by Crippen LogP contribution is -2.64. The summed E-state index contributed by atoms with van der Waals surface area (Å²) in [7, 11) is -3.15. The monoisotopic (exact) mass is 529 g/mol. The maximum atomic E-state index is 14.6. The highest BCUT2D eigenvalue weighted by Crippen LogP contribution is 2.34. The number of aliphatic hydroxyl groups excluding tert-OH is 1. The van der Waals surface area contributed by atoms with Crippen LogP contribution in [0.5, 0.6) is 5.75 Å². The molecule has 0 bridgehead atoms. The number of rotatable bonds is 8. The normalized spacial score (nSPS) is 26.9. The quantitative estimate of drug-likeness (QED) is 0.384. The summed E-state index contributed by atoms with van der Waals surface area (Å²) in [5, 5.41) is 25.1. The lowest BCUT2D eigenvalue weighted by atomic mass is 9.82. The van der Waals surface area contributed by atoms with E-state index in [0.29, 0.717) is 30.5 Å². The predicted molar refractivity (Wildman–Crippen MR) is 126 cm³/mol. The SMILES string of the molecule is CC1(NC(=O)[C@@H]2CCC(C(=N)c3cc(OC(F)F)ccc3F)=C(NC3CCCC3O)C2)CS(=O)(=O)C1. The molecule has 0 aromatic heterocycles. The Balaban J connectivity index is 1.59. The summed E-state index contributed by atoms with van der Waals surface area (Å²) in [6, 6.07) is 2.78. The van der Waals surface area contributed by atoms with Crippen molar-refractivity contribution in [3.05, 3.63) is 40.8 Å². The molecule has 36 heavy (non-hydrogen) atoms. The van der Waals surface area contributed by atoms with Crippen LogP contribution in [-0.2, 0) is 14.6 Å². The molecule has 4 N–H and O–H groups in total. The van der Waals surface area contributed by atoms with E-state index in [1.54, 1.807) is 6.92 Å². The first-order chi connectivity index (χ1) is 16.9. The van der Waals surface area contributed by atoms with Gasteiger partial charge in [-0.3, -0.25) is 10.2 Å². The number of ether oxygens (including phenoxy) is 1. The fourth-order valence-electron chi connectivity index (χ4n) is 5.35. The van der Waals surface area contributed by atoms with Crippen molar-refractivity contribution in [1.82, 2.24) is 10.6 Å². The van der Waals surface area contributed by atoms with E-state index in [-0.39, 0.29) is 53.3 Å². The number of aliphatic hydroxyl groups is 1. The largest absolute Gasteiger partial charge is 0.435 e.